The van der Waals surface area contributed by atoms with Gasteiger partial charge in [0.1, 0.15) is 11.9 Å². The van der Waals surface area contributed by atoms with Crippen molar-refractivity contribution in [1.29, 1.82) is 0 Å². The molecule has 1 atom stereocenters. The number of hydrogen-bond donors (Lipinski definition) is 1. The molecule has 0 radical (unpaired) electrons. The van der Waals surface area contributed by atoms with Crippen LogP contribution in [0, 0.1) is 11.2 Å². The molecule has 2 amide bonds. The van der Waals surface area contributed by atoms with Crippen molar-refractivity contribution in [3.8, 4) is 0 Å². The van der Waals surface area contributed by atoms with Crippen LogP contribution in [-0.2, 0) is 17.6 Å². The summed E-state index contributed by atoms with van der Waals surface area (Å²) in [5.41, 5.74) is 5.45. The van der Waals surface area contributed by atoms with Gasteiger partial charge < -0.3 is 20.0 Å². The predicted octanol–water partition coefficient (Wildman–Crippen LogP) is 3.68. The molecule has 3 aliphatic heterocycles. The van der Waals surface area contributed by atoms with E-state index in [0.717, 1.165) is 35.5 Å². The smallest absolute Gasteiger partial charge is 0.342 e. The van der Waals surface area contributed by atoms with Crippen molar-refractivity contribution in [2.75, 3.05) is 50.1 Å². The number of carbonyl (C=O) groups is 2. The summed E-state index contributed by atoms with van der Waals surface area (Å²) in [5.74, 6) is -0.422. The first-order valence-electron chi connectivity index (χ1n) is 13.7. The van der Waals surface area contributed by atoms with E-state index >= 15 is 0 Å². The van der Waals surface area contributed by atoms with Crippen molar-refractivity contribution in [3.63, 3.8) is 0 Å². The van der Waals surface area contributed by atoms with Crippen LogP contribution in [0.15, 0.2) is 54.9 Å². The molecule has 1 N–H and O–H groups in total. The first-order valence-corrected chi connectivity index (χ1v) is 13.7. The number of nitrogens with zero attached hydrogens (tertiary/aromatic N) is 5. The molecule has 0 aliphatic carbocycles. The highest BCUT2D eigenvalue weighted by Gasteiger charge is 2.44. The van der Waals surface area contributed by atoms with Crippen molar-refractivity contribution < 1.29 is 14.0 Å². The lowest BCUT2D eigenvalue weighted by Gasteiger charge is -2.54. The minimum Gasteiger partial charge on any atom is -0.370 e. The van der Waals surface area contributed by atoms with Crippen LogP contribution in [0.4, 0.5) is 20.6 Å². The summed E-state index contributed by atoms with van der Waals surface area (Å²) in [4.78, 5) is 32.8. The van der Waals surface area contributed by atoms with Crippen LogP contribution in [0.1, 0.15) is 36.0 Å². The zero-order valence-electron chi connectivity index (χ0n) is 22.6. The van der Waals surface area contributed by atoms with Crippen LogP contribution < -0.4 is 15.1 Å². The van der Waals surface area contributed by atoms with E-state index in [1.807, 2.05) is 6.07 Å². The van der Waals surface area contributed by atoms with E-state index in [0.29, 0.717) is 24.7 Å². The molecule has 1 spiro atoms. The first-order chi connectivity index (χ1) is 18.8. The Hall–Kier alpha value is -3.72. The van der Waals surface area contributed by atoms with E-state index in [9.17, 15) is 14.0 Å². The van der Waals surface area contributed by atoms with Gasteiger partial charge in [-0.3, -0.25) is 4.79 Å². The Balaban J connectivity index is 1.09. The maximum Gasteiger partial charge on any atom is 0.342 e. The summed E-state index contributed by atoms with van der Waals surface area (Å²) < 4.78 is 14.4. The second kappa shape index (κ2) is 10.1. The maximum absolute atomic E-state index is 13.3. The molecule has 9 heteroatoms. The third-order valence-corrected chi connectivity index (χ3v) is 8.68. The molecule has 2 aromatic carbocycles. The highest BCUT2D eigenvalue weighted by atomic mass is 19.1. The number of piperidine rings is 1. The van der Waals surface area contributed by atoms with Gasteiger partial charge in [-0.2, -0.15) is 9.78 Å². The van der Waals surface area contributed by atoms with Crippen LogP contribution in [-0.4, -0.2) is 72.9 Å². The lowest BCUT2D eigenvalue weighted by atomic mass is 9.72. The number of fused-ring (bicyclic) bond motifs is 1. The van der Waals surface area contributed by atoms with Gasteiger partial charge in [-0.15, -0.1) is 0 Å². The number of carbonyl (C=O) groups excluding carboxylic acids is 2. The molecule has 8 nitrogen and oxygen atoms in total. The van der Waals surface area contributed by atoms with Gasteiger partial charge in [-0.05, 0) is 92.8 Å². The maximum atomic E-state index is 13.3. The minimum atomic E-state index is -0.644. The van der Waals surface area contributed by atoms with Crippen LogP contribution in [0.5, 0.6) is 0 Å². The van der Waals surface area contributed by atoms with E-state index in [1.54, 1.807) is 36.5 Å². The molecule has 2 fully saturated rings. The molecule has 204 valence electrons. The topological polar surface area (TPSA) is 73.7 Å². The lowest BCUT2D eigenvalue weighted by molar-refractivity contribution is -0.120. The SMILES string of the molecule is CN1CCC2(CC1)CN(c1ccc3c(c1)CC[C@@H](NC(=O)n1cc(Cc4ccc(F)cc4)cn1)C(=O)N3C)C2. The number of anilines is 2. The number of aryl methyl sites for hydroxylation is 1. The molecule has 4 heterocycles. The Morgan fingerprint density at radius 1 is 1.08 bits per heavy atom. The van der Waals surface area contributed by atoms with Crippen LogP contribution in [0.3, 0.4) is 0 Å². The number of halogens is 1. The number of rotatable bonds is 4. The summed E-state index contributed by atoms with van der Waals surface area (Å²) in [5, 5.41) is 7.07. The molecule has 3 aliphatic rings. The standard InChI is InChI=1S/C30H35FN6O2/c1-34-13-11-30(12-14-34)19-36(20-30)25-8-10-27-23(16-25)5-9-26(28(38)35(27)2)33-29(39)37-18-22(17-32-37)15-21-3-6-24(31)7-4-21/h3-4,6-8,10,16-18,26H,5,9,11-15,19-20H2,1-2H3,(H,33,39)/t26-/m1/s1. The Kier molecular flexibility index (Phi) is 6.62. The average molecular weight is 531 g/mol. The normalized spacial score (nSPS) is 20.9. The molecule has 0 saturated carbocycles. The first kappa shape index (κ1) is 25.6. The molecule has 3 aromatic rings. The second-order valence-corrected chi connectivity index (χ2v) is 11.5. The molecular formula is C30H35FN6O2. The quantitative estimate of drug-likeness (QED) is 0.557. The number of aromatic nitrogens is 2. The summed E-state index contributed by atoms with van der Waals surface area (Å²) in [7, 11) is 3.98. The zero-order chi connectivity index (χ0) is 27.1. The molecule has 2 saturated heterocycles. The fourth-order valence-corrected chi connectivity index (χ4v) is 6.18. The van der Waals surface area contributed by atoms with Gasteiger partial charge in [0.2, 0.25) is 5.91 Å². The summed E-state index contributed by atoms with van der Waals surface area (Å²) in [6.45, 7) is 4.54. The highest BCUT2D eigenvalue weighted by Crippen LogP contribution is 2.43. The van der Waals surface area contributed by atoms with Crippen LogP contribution in [0.2, 0.25) is 0 Å². The average Bonchev–Trinajstić information content (AvgIpc) is 3.35. The van der Waals surface area contributed by atoms with Gasteiger partial charge in [-0.1, -0.05) is 12.1 Å². The fourth-order valence-electron chi connectivity index (χ4n) is 6.18. The summed E-state index contributed by atoms with van der Waals surface area (Å²) in [6.07, 6.45) is 7.53. The van der Waals surface area contributed by atoms with Gasteiger partial charge in [0.25, 0.3) is 0 Å². The van der Waals surface area contributed by atoms with Crippen LogP contribution in [0.25, 0.3) is 0 Å². The van der Waals surface area contributed by atoms with Gasteiger partial charge in [0, 0.05) is 49.5 Å². The van der Waals surface area contributed by atoms with Crippen molar-refractivity contribution >= 4 is 23.3 Å². The number of nitrogens with one attached hydrogen (secondary N) is 1. The van der Waals surface area contributed by atoms with Crippen molar-refractivity contribution in [3.05, 3.63) is 77.4 Å². The van der Waals surface area contributed by atoms with Crippen molar-refractivity contribution in [1.82, 2.24) is 20.0 Å². The number of amides is 2. The number of hydrogen-bond acceptors (Lipinski definition) is 5. The molecule has 39 heavy (non-hydrogen) atoms. The zero-order valence-corrected chi connectivity index (χ0v) is 22.6. The molecule has 0 bridgehead atoms. The van der Waals surface area contributed by atoms with Gasteiger partial charge in [-0.25, -0.2) is 9.18 Å². The minimum absolute atomic E-state index is 0.136. The van der Waals surface area contributed by atoms with E-state index in [2.05, 4.69) is 39.4 Å². The fraction of sp³-hybridized carbons (Fsp3) is 0.433. The Bertz CT molecular complexity index is 1370. The molecule has 1 aromatic heterocycles. The highest BCUT2D eigenvalue weighted by molar-refractivity contribution is 6.00. The van der Waals surface area contributed by atoms with Gasteiger partial charge in [0.15, 0.2) is 0 Å². The Labute approximate surface area is 228 Å². The second-order valence-electron chi connectivity index (χ2n) is 11.5. The number of benzene rings is 2. The van der Waals surface area contributed by atoms with Crippen molar-refractivity contribution in [2.45, 2.75) is 38.1 Å². The molecule has 6 rings (SSSR count). The lowest BCUT2D eigenvalue weighted by Crippen LogP contribution is -2.60. The Morgan fingerprint density at radius 3 is 2.56 bits per heavy atom. The number of likely N-dealkylation sites (N-methyl/N-ethyl adjacent to an activating group) is 1. The van der Waals surface area contributed by atoms with Crippen molar-refractivity contribution in [2.24, 2.45) is 5.41 Å². The summed E-state index contributed by atoms with van der Waals surface area (Å²) >= 11 is 0. The predicted molar refractivity (Wildman–Crippen MR) is 149 cm³/mol. The van der Waals surface area contributed by atoms with Gasteiger partial charge in [0.05, 0.1) is 6.20 Å². The van der Waals surface area contributed by atoms with E-state index in [4.69, 9.17) is 0 Å². The molecule has 0 unspecified atom stereocenters. The van der Waals surface area contributed by atoms with Gasteiger partial charge >= 0.3 is 6.03 Å². The van der Waals surface area contributed by atoms with E-state index < -0.39 is 12.1 Å². The monoisotopic (exact) mass is 530 g/mol. The van der Waals surface area contributed by atoms with E-state index in [1.165, 1.54) is 48.4 Å². The Morgan fingerprint density at radius 2 is 1.82 bits per heavy atom. The number of likely N-dealkylation sites (tertiary alicyclic amines) is 1. The molecular weight excluding hydrogens is 495 g/mol. The van der Waals surface area contributed by atoms with Crippen LogP contribution >= 0.6 is 0 Å². The largest absolute Gasteiger partial charge is 0.370 e. The summed E-state index contributed by atoms with van der Waals surface area (Å²) in [6, 6.07) is 11.6. The van der Waals surface area contributed by atoms with E-state index in [-0.39, 0.29) is 11.7 Å². The third-order valence-electron chi connectivity index (χ3n) is 8.68. The third kappa shape index (κ3) is 5.15.